The van der Waals surface area contributed by atoms with Gasteiger partial charge in [-0.3, -0.25) is 29.3 Å². The number of alkyl carbamates (subject to hydrolysis) is 1. The summed E-state index contributed by atoms with van der Waals surface area (Å²) in [4.78, 5) is 73.4. The van der Waals surface area contributed by atoms with Gasteiger partial charge in [0.25, 0.3) is 5.91 Å². The summed E-state index contributed by atoms with van der Waals surface area (Å²) in [6, 6.07) is -3.33. The van der Waals surface area contributed by atoms with Crippen LogP contribution in [0.4, 0.5) is 4.79 Å². The number of carboxylic acid groups (broad SMARTS) is 1. The van der Waals surface area contributed by atoms with Crippen molar-refractivity contribution in [2.24, 2.45) is 11.8 Å². The lowest BCUT2D eigenvalue weighted by Crippen LogP contribution is -2.57. The number of nitrogens with one attached hydrogen (secondary N) is 4. The van der Waals surface area contributed by atoms with Gasteiger partial charge in [0.05, 0.1) is 7.11 Å². The third-order valence-corrected chi connectivity index (χ3v) is 5.53. The third-order valence-electron chi connectivity index (χ3n) is 4.89. The Hall–Kier alpha value is -2.83. The highest BCUT2D eigenvalue weighted by Crippen LogP contribution is 2.09. The molecule has 1 unspecified atom stereocenters. The number of thioether (sulfide) groups is 1. The molecule has 0 aliphatic rings. The van der Waals surface area contributed by atoms with Crippen molar-refractivity contribution in [3.05, 3.63) is 0 Å². The minimum Gasteiger partial charge on any atom is -0.481 e. The van der Waals surface area contributed by atoms with E-state index >= 15 is 0 Å². The molecular formula is C23H40N4O8S. The fourth-order valence-electron chi connectivity index (χ4n) is 3.15. The van der Waals surface area contributed by atoms with Crippen molar-refractivity contribution < 1.29 is 38.6 Å². The summed E-state index contributed by atoms with van der Waals surface area (Å²) in [5, 5.41) is 18.8. The van der Waals surface area contributed by atoms with Crippen LogP contribution in [0.2, 0.25) is 0 Å². The van der Waals surface area contributed by atoms with E-state index in [2.05, 4.69) is 20.7 Å². The predicted octanol–water partition coefficient (Wildman–Crippen LogP) is 1.03. The maximum absolute atomic E-state index is 13.0. The molecule has 0 saturated heterocycles. The topological polar surface area (TPSA) is 180 Å². The number of ether oxygens (including phenoxy) is 1. The number of hydrogen-bond donors (Lipinski definition) is 5. The van der Waals surface area contributed by atoms with Crippen LogP contribution >= 0.6 is 11.8 Å². The molecule has 0 heterocycles. The quantitative estimate of drug-likeness (QED) is 0.194. The van der Waals surface area contributed by atoms with Gasteiger partial charge >= 0.3 is 12.1 Å². The van der Waals surface area contributed by atoms with E-state index < -0.39 is 54.3 Å². The van der Waals surface area contributed by atoms with Crippen LogP contribution in [0.15, 0.2) is 0 Å². The molecular weight excluding hydrogens is 492 g/mol. The van der Waals surface area contributed by atoms with Gasteiger partial charge in [-0.2, -0.15) is 11.8 Å². The van der Waals surface area contributed by atoms with E-state index in [1.54, 1.807) is 0 Å². The molecule has 5 N–H and O–H groups in total. The molecule has 0 rings (SSSR count). The molecule has 0 aromatic heterocycles. The fourth-order valence-corrected chi connectivity index (χ4v) is 3.62. The van der Waals surface area contributed by atoms with Gasteiger partial charge in [0, 0.05) is 12.8 Å². The molecule has 0 radical (unpaired) electrons. The van der Waals surface area contributed by atoms with Gasteiger partial charge in [-0.25, -0.2) is 4.79 Å². The lowest BCUT2D eigenvalue weighted by molar-refractivity contribution is -0.138. The highest BCUT2D eigenvalue weighted by Gasteiger charge is 2.31. The van der Waals surface area contributed by atoms with Crippen molar-refractivity contribution in [2.45, 2.75) is 77.9 Å². The molecule has 12 nitrogen and oxygen atoms in total. The zero-order valence-electron chi connectivity index (χ0n) is 21.8. The fraction of sp³-hybridized carbons (Fsp3) is 0.739. The highest BCUT2D eigenvalue weighted by molar-refractivity contribution is 7.98. The monoisotopic (exact) mass is 532 g/mol. The molecule has 0 bridgehead atoms. The molecule has 0 aliphatic heterocycles. The van der Waals surface area contributed by atoms with E-state index in [0.717, 1.165) is 7.11 Å². The molecule has 206 valence electrons. The zero-order valence-corrected chi connectivity index (χ0v) is 22.7. The highest BCUT2D eigenvalue weighted by atomic mass is 32.2. The van der Waals surface area contributed by atoms with Crippen molar-refractivity contribution in [1.82, 2.24) is 21.3 Å². The minimum atomic E-state index is -1.28. The van der Waals surface area contributed by atoms with Gasteiger partial charge in [0.1, 0.15) is 18.1 Å². The van der Waals surface area contributed by atoms with E-state index in [0.29, 0.717) is 12.2 Å². The Morgan fingerprint density at radius 1 is 0.806 bits per heavy atom. The standard InChI is InChI=1S/C23H40N4O8S/c1-13(2)11-17(22(33)27-23(34)35-5)26-20(31)15(7-8-19(29)30)25-21(32)16(9-10-36-6)24-18(28)12-14(3)4/h13-17H,7-12H2,1-6H3,(H,24,28)(H,25,32)(H,26,31)(H,29,30)(H,27,33,34)/t15-,16?,17-/m0/s1. The van der Waals surface area contributed by atoms with Gasteiger partial charge in [0.2, 0.25) is 17.7 Å². The normalized spacial score (nSPS) is 13.3. The van der Waals surface area contributed by atoms with E-state index in [-0.39, 0.29) is 37.0 Å². The first-order valence-electron chi connectivity index (χ1n) is 11.8. The van der Waals surface area contributed by atoms with Crippen molar-refractivity contribution in [2.75, 3.05) is 19.1 Å². The summed E-state index contributed by atoms with van der Waals surface area (Å²) >= 11 is 1.48. The third kappa shape index (κ3) is 14.5. The molecule has 0 aromatic rings. The van der Waals surface area contributed by atoms with Gasteiger partial charge in [-0.15, -0.1) is 0 Å². The maximum Gasteiger partial charge on any atom is 0.413 e. The Morgan fingerprint density at radius 2 is 1.36 bits per heavy atom. The summed E-state index contributed by atoms with van der Waals surface area (Å²) in [6.45, 7) is 7.36. The molecule has 5 amide bonds. The summed E-state index contributed by atoms with van der Waals surface area (Å²) in [5.41, 5.74) is 0. The smallest absolute Gasteiger partial charge is 0.413 e. The lowest BCUT2D eigenvalue weighted by Gasteiger charge is -2.25. The Kier molecular flexibility index (Phi) is 16.2. The maximum atomic E-state index is 13.0. The van der Waals surface area contributed by atoms with Crippen LogP contribution in [-0.2, 0) is 28.7 Å². The van der Waals surface area contributed by atoms with Crippen LogP contribution in [-0.4, -0.2) is 78.0 Å². The average molecular weight is 533 g/mol. The van der Waals surface area contributed by atoms with E-state index in [9.17, 15) is 28.8 Å². The second-order valence-corrected chi connectivity index (χ2v) is 10.2. The molecule has 0 spiro atoms. The summed E-state index contributed by atoms with van der Waals surface area (Å²) in [5.74, 6) is -3.10. The molecule has 0 fully saturated rings. The number of carbonyl (C=O) groups excluding carboxylic acids is 5. The molecule has 3 atom stereocenters. The molecule has 0 saturated carbocycles. The second-order valence-electron chi connectivity index (χ2n) is 9.16. The van der Waals surface area contributed by atoms with Crippen LogP contribution in [0.5, 0.6) is 0 Å². The predicted molar refractivity (Wildman–Crippen MR) is 135 cm³/mol. The number of carbonyl (C=O) groups is 6. The Labute approximate surface area is 216 Å². The average Bonchev–Trinajstić information content (AvgIpc) is 2.77. The van der Waals surface area contributed by atoms with Gasteiger partial charge in [-0.1, -0.05) is 27.7 Å². The number of amides is 5. The van der Waals surface area contributed by atoms with Crippen molar-refractivity contribution >= 4 is 47.5 Å². The zero-order chi connectivity index (χ0) is 27.8. The number of methoxy groups -OCH3 is 1. The summed E-state index contributed by atoms with van der Waals surface area (Å²) in [6.07, 6.45) is 0.899. The van der Waals surface area contributed by atoms with E-state index in [1.807, 2.05) is 39.3 Å². The largest absolute Gasteiger partial charge is 0.481 e. The van der Waals surface area contributed by atoms with Crippen molar-refractivity contribution in [1.29, 1.82) is 0 Å². The number of rotatable bonds is 16. The molecule has 0 aliphatic carbocycles. The molecule has 36 heavy (non-hydrogen) atoms. The van der Waals surface area contributed by atoms with Crippen molar-refractivity contribution in [3.63, 3.8) is 0 Å². The minimum absolute atomic E-state index is 0.0437. The molecule has 13 heteroatoms. The van der Waals surface area contributed by atoms with Crippen LogP contribution < -0.4 is 21.3 Å². The van der Waals surface area contributed by atoms with Crippen LogP contribution in [0, 0.1) is 11.8 Å². The second kappa shape index (κ2) is 17.6. The Balaban J connectivity index is 5.66. The Morgan fingerprint density at radius 3 is 1.83 bits per heavy atom. The summed E-state index contributed by atoms with van der Waals surface area (Å²) in [7, 11) is 1.09. The Bertz CT molecular complexity index is 775. The van der Waals surface area contributed by atoms with Gasteiger partial charge < -0.3 is 25.8 Å². The first kappa shape index (κ1) is 33.2. The number of carboxylic acids is 1. The van der Waals surface area contributed by atoms with Gasteiger partial charge in [0.15, 0.2) is 0 Å². The summed E-state index contributed by atoms with van der Waals surface area (Å²) < 4.78 is 4.42. The van der Waals surface area contributed by atoms with Crippen LogP contribution in [0.25, 0.3) is 0 Å². The van der Waals surface area contributed by atoms with Gasteiger partial charge in [-0.05, 0) is 43.1 Å². The SMILES string of the molecule is COC(=O)NC(=O)[C@H](CC(C)C)NC(=O)[C@H](CCC(=O)O)NC(=O)C(CCSC)NC(=O)CC(C)C. The first-order chi connectivity index (χ1) is 16.8. The number of hydrogen-bond acceptors (Lipinski definition) is 8. The number of aliphatic carboxylic acids is 1. The van der Waals surface area contributed by atoms with E-state index in [1.165, 1.54) is 11.8 Å². The van der Waals surface area contributed by atoms with Crippen molar-refractivity contribution in [3.8, 4) is 0 Å². The lowest BCUT2D eigenvalue weighted by atomic mass is 10.0. The first-order valence-corrected chi connectivity index (χ1v) is 13.2. The number of imide groups is 1. The van der Waals surface area contributed by atoms with Crippen LogP contribution in [0.3, 0.4) is 0 Å². The van der Waals surface area contributed by atoms with Crippen LogP contribution in [0.1, 0.15) is 59.8 Å². The van der Waals surface area contributed by atoms with E-state index in [4.69, 9.17) is 5.11 Å². The molecule has 0 aromatic carbocycles.